The lowest BCUT2D eigenvalue weighted by molar-refractivity contribution is 0.770. The summed E-state index contributed by atoms with van der Waals surface area (Å²) in [5.41, 5.74) is 7.23. The van der Waals surface area contributed by atoms with Gasteiger partial charge in [0.25, 0.3) is 0 Å². The van der Waals surface area contributed by atoms with E-state index in [0.29, 0.717) is 0 Å². The molecule has 0 saturated heterocycles. The normalized spacial score (nSPS) is 13.8. The van der Waals surface area contributed by atoms with Crippen LogP contribution in [0.3, 0.4) is 0 Å². The summed E-state index contributed by atoms with van der Waals surface area (Å²) in [6.07, 6.45) is 0. The molecule has 0 nitrogen and oxygen atoms in total. The molecule has 6 aromatic carbocycles. The van der Waals surface area contributed by atoms with Crippen molar-refractivity contribution in [3.63, 3.8) is 0 Å². The summed E-state index contributed by atoms with van der Waals surface area (Å²) in [6, 6.07) is 46.3. The molecule has 7 aromatic rings. The summed E-state index contributed by atoms with van der Waals surface area (Å²) >= 11 is 9.07. The van der Waals surface area contributed by atoms with E-state index in [1.165, 1.54) is 58.9 Å². The highest BCUT2D eigenvalue weighted by Gasteiger charge is 2.46. The Kier molecular flexibility index (Phi) is 4.47. The molecule has 174 valence electrons. The second-order valence-corrected chi connectivity index (χ2v) is 11.3. The summed E-state index contributed by atoms with van der Waals surface area (Å²) in [4.78, 5) is 0. The van der Waals surface area contributed by atoms with E-state index in [-0.39, 0.29) is 0 Å². The first-order valence-electron chi connectivity index (χ1n) is 12.6. The molecule has 1 aliphatic carbocycles. The lowest BCUT2D eigenvalue weighted by atomic mass is 9.67. The maximum absolute atomic E-state index is 7.22. The van der Waals surface area contributed by atoms with Gasteiger partial charge in [0, 0.05) is 20.2 Å². The van der Waals surface area contributed by atoms with E-state index in [1.807, 2.05) is 11.3 Å². The molecular weight excluding hydrogens is 488 g/mol. The van der Waals surface area contributed by atoms with Gasteiger partial charge in [-0.1, -0.05) is 127 Å². The molecule has 0 saturated carbocycles. The van der Waals surface area contributed by atoms with E-state index in [4.69, 9.17) is 11.6 Å². The van der Waals surface area contributed by atoms with Crippen LogP contribution in [0.5, 0.6) is 0 Å². The lowest BCUT2D eigenvalue weighted by Gasteiger charge is -2.34. The van der Waals surface area contributed by atoms with Crippen LogP contribution >= 0.6 is 22.9 Å². The lowest BCUT2D eigenvalue weighted by Crippen LogP contribution is -2.28. The van der Waals surface area contributed by atoms with Gasteiger partial charge in [-0.05, 0) is 56.3 Å². The Morgan fingerprint density at radius 2 is 1.19 bits per heavy atom. The quantitative estimate of drug-likeness (QED) is 0.218. The Hall–Kier alpha value is -3.91. The molecule has 0 amide bonds. The topological polar surface area (TPSA) is 0 Å². The molecule has 37 heavy (non-hydrogen) atoms. The van der Waals surface area contributed by atoms with E-state index in [1.54, 1.807) is 0 Å². The predicted octanol–water partition coefficient (Wildman–Crippen LogP) is 10.2. The molecule has 0 bridgehead atoms. The van der Waals surface area contributed by atoms with E-state index >= 15 is 0 Å². The largest absolute Gasteiger partial charge is 0.134 e. The minimum atomic E-state index is -0.440. The smallest absolute Gasteiger partial charge is 0.0714 e. The zero-order valence-corrected chi connectivity index (χ0v) is 21.5. The van der Waals surface area contributed by atoms with Crippen molar-refractivity contribution in [2.75, 3.05) is 0 Å². The zero-order chi connectivity index (χ0) is 24.6. The first-order valence-corrected chi connectivity index (χ1v) is 13.7. The van der Waals surface area contributed by atoms with Gasteiger partial charge < -0.3 is 0 Å². The highest BCUT2D eigenvalue weighted by Crippen LogP contribution is 2.57. The van der Waals surface area contributed by atoms with Crippen LogP contribution in [0.2, 0.25) is 5.02 Å². The van der Waals surface area contributed by atoms with Gasteiger partial charge >= 0.3 is 0 Å². The highest BCUT2D eigenvalue weighted by molar-refractivity contribution is 7.26. The maximum Gasteiger partial charge on any atom is 0.0714 e. The minimum Gasteiger partial charge on any atom is -0.134 e. The molecule has 2 heteroatoms. The van der Waals surface area contributed by atoms with Crippen molar-refractivity contribution in [3.8, 4) is 11.1 Å². The van der Waals surface area contributed by atoms with Gasteiger partial charge in [0.2, 0.25) is 0 Å². The van der Waals surface area contributed by atoms with E-state index in [0.717, 1.165) is 10.4 Å². The summed E-state index contributed by atoms with van der Waals surface area (Å²) in [5.74, 6) is 0. The van der Waals surface area contributed by atoms with Crippen molar-refractivity contribution in [1.82, 2.24) is 0 Å². The van der Waals surface area contributed by atoms with E-state index in [2.05, 4.69) is 127 Å². The first kappa shape index (κ1) is 21.2. The van der Waals surface area contributed by atoms with Crippen molar-refractivity contribution in [3.05, 3.63) is 155 Å². The third kappa shape index (κ3) is 2.79. The molecule has 0 radical (unpaired) electrons. The number of thiophene rings is 1. The molecule has 1 aromatic heterocycles. The Morgan fingerprint density at radius 1 is 0.541 bits per heavy atom. The molecule has 8 rings (SSSR count). The summed E-state index contributed by atoms with van der Waals surface area (Å²) < 4.78 is 2.53. The standard InChI is InChI=1S/C35H21ClS/c36-31-20-24(21-32-33(31)28-19-18-22-10-4-5-13-25(22)34(28)37-32)35(23-11-2-1-3-12-23)29-16-8-6-14-26(29)27-15-7-9-17-30(27)35/h1-21H. The van der Waals surface area contributed by atoms with Crippen LogP contribution in [-0.2, 0) is 5.41 Å². The molecule has 1 heterocycles. The van der Waals surface area contributed by atoms with Gasteiger partial charge in [0.1, 0.15) is 0 Å². The van der Waals surface area contributed by atoms with Crippen molar-refractivity contribution in [2.24, 2.45) is 0 Å². The Bertz CT molecular complexity index is 1950. The molecule has 0 aliphatic heterocycles. The Labute approximate surface area is 224 Å². The van der Waals surface area contributed by atoms with Gasteiger partial charge in [-0.15, -0.1) is 11.3 Å². The molecule has 0 N–H and O–H groups in total. The number of hydrogen-bond donors (Lipinski definition) is 0. The monoisotopic (exact) mass is 508 g/mol. The average molecular weight is 509 g/mol. The van der Waals surface area contributed by atoms with Crippen molar-refractivity contribution in [2.45, 2.75) is 5.41 Å². The number of hydrogen-bond acceptors (Lipinski definition) is 1. The Morgan fingerprint density at radius 3 is 1.95 bits per heavy atom. The molecule has 0 spiro atoms. The third-order valence-electron chi connectivity index (χ3n) is 8.01. The van der Waals surface area contributed by atoms with E-state index < -0.39 is 5.41 Å². The fourth-order valence-electron chi connectivity index (χ4n) is 6.51. The molecule has 0 atom stereocenters. The van der Waals surface area contributed by atoms with Crippen LogP contribution in [-0.4, -0.2) is 0 Å². The van der Waals surface area contributed by atoms with Crippen molar-refractivity contribution in [1.29, 1.82) is 0 Å². The van der Waals surface area contributed by atoms with Crippen molar-refractivity contribution >= 4 is 53.9 Å². The summed E-state index contributed by atoms with van der Waals surface area (Å²) in [6.45, 7) is 0. The van der Waals surface area contributed by atoms with Gasteiger partial charge in [0.05, 0.1) is 10.4 Å². The Balaban J connectivity index is 1.52. The van der Waals surface area contributed by atoms with Gasteiger partial charge in [-0.3, -0.25) is 0 Å². The van der Waals surface area contributed by atoms with Crippen LogP contribution in [0, 0.1) is 0 Å². The van der Waals surface area contributed by atoms with Crippen LogP contribution in [0.25, 0.3) is 42.1 Å². The molecular formula is C35H21ClS. The van der Waals surface area contributed by atoms with E-state index in [9.17, 15) is 0 Å². The molecule has 1 aliphatic rings. The minimum absolute atomic E-state index is 0.440. The fraction of sp³-hybridized carbons (Fsp3) is 0.0286. The van der Waals surface area contributed by atoms with Gasteiger partial charge in [-0.2, -0.15) is 0 Å². The number of rotatable bonds is 2. The van der Waals surface area contributed by atoms with Gasteiger partial charge in [-0.25, -0.2) is 0 Å². The zero-order valence-electron chi connectivity index (χ0n) is 19.9. The van der Waals surface area contributed by atoms with Crippen LogP contribution in [0.1, 0.15) is 22.3 Å². The number of fused-ring (bicyclic) bond motifs is 8. The maximum atomic E-state index is 7.22. The van der Waals surface area contributed by atoms with Crippen molar-refractivity contribution < 1.29 is 0 Å². The van der Waals surface area contributed by atoms with Crippen LogP contribution < -0.4 is 0 Å². The summed E-state index contributed by atoms with van der Waals surface area (Å²) in [7, 11) is 0. The summed E-state index contributed by atoms with van der Waals surface area (Å²) in [5, 5.41) is 5.74. The molecule has 0 unspecified atom stereocenters. The fourth-order valence-corrected chi connectivity index (χ4v) is 8.19. The van der Waals surface area contributed by atoms with Crippen LogP contribution in [0.15, 0.2) is 127 Å². The van der Waals surface area contributed by atoms with Crippen LogP contribution in [0.4, 0.5) is 0 Å². The predicted molar refractivity (Wildman–Crippen MR) is 159 cm³/mol. The number of halogens is 1. The second-order valence-electron chi connectivity index (χ2n) is 9.80. The average Bonchev–Trinajstić information content (AvgIpc) is 3.48. The SMILES string of the molecule is Clc1cc(C2(c3ccccc3)c3ccccc3-c3ccccc32)cc2sc3c4ccccc4ccc3c12. The molecule has 0 fully saturated rings. The first-order chi connectivity index (χ1) is 18.3. The second kappa shape index (κ2) is 7.79. The highest BCUT2D eigenvalue weighted by atomic mass is 35.5. The number of benzene rings is 6. The third-order valence-corrected chi connectivity index (χ3v) is 9.49. The van der Waals surface area contributed by atoms with Gasteiger partial charge in [0.15, 0.2) is 0 Å².